The first-order valence-electron chi connectivity index (χ1n) is 6.92. The van der Waals surface area contributed by atoms with Gasteiger partial charge in [0.15, 0.2) is 0 Å². The smallest absolute Gasteiger partial charge is 0.139 e. The van der Waals surface area contributed by atoms with Crippen LogP contribution in [0.3, 0.4) is 0 Å². The molecule has 0 radical (unpaired) electrons. The molecule has 0 saturated heterocycles. The third kappa shape index (κ3) is 2.26. The summed E-state index contributed by atoms with van der Waals surface area (Å²) in [6, 6.07) is 6.56. The fourth-order valence-electron chi connectivity index (χ4n) is 2.57. The predicted octanol–water partition coefficient (Wildman–Crippen LogP) is 4.48. The minimum absolute atomic E-state index is 0.311. The normalized spacial score (nSPS) is 11.0. The zero-order chi connectivity index (χ0) is 15.8. The highest BCUT2D eigenvalue weighted by Crippen LogP contribution is 2.38. The Balaban J connectivity index is 2.00. The van der Waals surface area contributed by atoms with Crippen LogP contribution in [0.5, 0.6) is 0 Å². The molecule has 1 N–H and O–H groups in total. The summed E-state index contributed by atoms with van der Waals surface area (Å²) >= 11 is 6.57. The zero-order valence-corrected chi connectivity index (χ0v) is 12.5. The van der Waals surface area contributed by atoms with E-state index in [4.69, 9.17) is 11.6 Å². The Kier molecular flexibility index (Phi) is 3.28. The van der Waals surface area contributed by atoms with E-state index in [0.29, 0.717) is 38.4 Å². The van der Waals surface area contributed by atoms with Crippen LogP contribution in [0.1, 0.15) is 0 Å². The lowest BCUT2D eigenvalue weighted by Crippen LogP contribution is -1.89. The number of hydrogen-bond donors (Lipinski definition) is 1. The second-order valence-electron chi connectivity index (χ2n) is 4.98. The maximum Gasteiger partial charge on any atom is 0.139 e. The number of aromatic nitrogens is 4. The Labute approximate surface area is 136 Å². The van der Waals surface area contributed by atoms with Crippen LogP contribution in [0.15, 0.2) is 55.2 Å². The molecule has 3 heterocycles. The molecule has 1 aromatic carbocycles. The van der Waals surface area contributed by atoms with Crippen LogP contribution in [0.2, 0.25) is 5.02 Å². The maximum absolute atomic E-state index is 14.1. The van der Waals surface area contributed by atoms with Gasteiger partial charge in [-0.3, -0.25) is 9.97 Å². The first-order chi connectivity index (χ1) is 11.3. The Morgan fingerprint density at radius 3 is 2.61 bits per heavy atom. The van der Waals surface area contributed by atoms with Gasteiger partial charge in [-0.2, -0.15) is 0 Å². The summed E-state index contributed by atoms with van der Waals surface area (Å²) in [7, 11) is 0. The molecule has 0 bridgehead atoms. The van der Waals surface area contributed by atoms with Gasteiger partial charge in [0.1, 0.15) is 11.5 Å². The van der Waals surface area contributed by atoms with Gasteiger partial charge in [0.05, 0.1) is 16.9 Å². The minimum atomic E-state index is -0.311. The van der Waals surface area contributed by atoms with E-state index >= 15 is 0 Å². The van der Waals surface area contributed by atoms with Crippen molar-refractivity contribution >= 4 is 22.6 Å². The van der Waals surface area contributed by atoms with Gasteiger partial charge in [-0.05, 0) is 6.07 Å². The molecular formula is C17H10ClFN4. The molecule has 3 aromatic heterocycles. The largest absolute Gasteiger partial charge is 0.345 e. The van der Waals surface area contributed by atoms with Gasteiger partial charge in [-0.25, -0.2) is 9.37 Å². The van der Waals surface area contributed by atoms with Crippen molar-refractivity contribution in [3.63, 3.8) is 0 Å². The van der Waals surface area contributed by atoms with E-state index in [0.717, 1.165) is 0 Å². The van der Waals surface area contributed by atoms with E-state index in [2.05, 4.69) is 19.9 Å². The van der Waals surface area contributed by atoms with Crippen molar-refractivity contribution in [2.75, 3.05) is 0 Å². The van der Waals surface area contributed by atoms with Gasteiger partial charge in [-0.15, -0.1) is 0 Å². The van der Waals surface area contributed by atoms with Crippen molar-refractivity contribution in [3.05, 3.63) is 66.1 Å². The molecule has 23 heavy (non-hydrogen) atoms. The van der Waals surface area contributed by atoms with E-state index in [1.54, 1.807) is 49.2 Å². The third-order valence-electron chi connectivity index (χ3n) is 3.64. The minimum Gasteiger partial charge on any atom is -0.345 e. The summed E-state index contributed by atoms with van der Waals surface area (Å²) in [5.41, 5.74) is 3.01. The van der Waals surface area contributed by atoms with Crippen LogP contribution in [0.25, 0.3) is 33.4 Å². The highest BCUT2D eigenvalue weighted by atomic mass is 35.5. The number of aromatic amines is 1. The van der Waals surface area contributed by atoms with Crippen molar-refractivity contribution in [1.82, 2.24) is 19.9 Å². The molecule has 0 aliphatic heterocycles. The van der Waals surface area contributed by atoms with Crippen molar-refractivity contribution in [3.8, 4) is 22.4 Å². The van der Waals surface area contributed by atoms with E-state index in [9.17, 15) is 4.39 Å². The fraction of sp³-hybridized carbons (Fsp3) is 0. The Morgan fingerprint density at radius 2 is 1.83 bits per heavy atom. The van der Waals surface area contributed by atoms with E-state index in [-0.39, 0.29) is 5.82 Å². The van der Waals surface area contributed by atoms with Gasteiger partial charge in [0, 0.05) is 46.9 Å². The molecular weight excluding hydrogens is 315 g/mol. The lowest BCUT2D eigenvalue weighted by Gasteiger charge is -2.06. The lowest BCUT2D eigenvalue weighted by atomic mass is 10.0. The van der Waals surface area contributed by atoms with Crippen LogP contribution in [0.4, 0.5) is 4.39 Å². The number of nitrogens with zero attached hydrogens (tertiary/aromatic N) is 3. The van der Waals surface area contributed by atoms with Crippen LogP contribution < -0.4 is 0 Å². The highest BCUT2D eigenvalue weighted by Gasteiger charge is 2.17. The monoisotopic (exact) mass is 324 g/mol. The lowest BCUT2D eigenvalue weighted by molar-refractivity contribution is 0.631. The van der Waals surface area contributed by atoms with Crippen molar-refractivity contribution in [1.29, 1.82) is 0 Å². The Hall–Kier alpha value is -2.79. The van der Waals surface area contributed by atoms with Crippen LogP contribution in [-0.2, 0) is 0 Å². The average Bonchev–Trinajstić information content (AvgIpc) is 3.01. The zero-order valence-electron chi connectivity index (χ0n) is 11.8. The summed E-state index contributed by atoms with van der Waals surface area (Å²) in [6.07, 6.45) is 8.14. The molecule has 6 heteroatoms. The number of halogens is 2. The molecule has 0 amide bonds. The molecule has 0 fully saturated rings. The first-order valence-corrected chi connectivity index (χ1v) is 7.30. The standard InChI is InChI=1S/C17H10ClFN4/c18-16-12(14-9-20-5-6-21-14)8-23-17-15(16)11(7-22-17)10-3-1-2-4-13(10)19/h1-9H,(H,22,23). The molecule has 0 aliphatic rings. The third-order valence-corrected chi connectivity index (χ3v) is 4.03. The molecule has 4 aromatic rings. The predicted molar refractivity (Wildman–Crippen MR) is 87.5 cm³/mol. The van der Waals surface area contributed by atoms with Crippen molar-refractivity contribution < 1.29 is 4.39 Å². The molecule has 0 unspecified atom stereocenters. The molecule has 4 nitrogen and oxygen atoms in total. The molecule has 112 valence electrons. The molecule has 0 spiro atoms. The maximum atomic E-state index is 14.1. The van der Waals surface area contributed by atoms with Crippen LogP contribution in [-0.4, -0.2) is 19.9 Å². The number of benzene rings is 1. The topological polar surface area (TPSA) is 54.5 Å². The number of hydrogen-bond acceptors (Lipinski definition) is 3. The fourth-order valence-corrected chi connectivity index (χ4v) is 2.90. The molecule has 0 saturated carbocycles. The summed E-state index contributed by atoms with van der Waals surface area (Å²) in [6.45, 7) is 0. The van der Waals surface area contributed by atoms with Crippen molar-refractivity contribution in [2.45, 2.75) is 0 Å². The van der Waals surface area contributed by atoms with Gasteiger partial charge >= 0.3 is 0 Å². The second-order valence-corrected chi connectivity index (χ2v) is 5.36. The molecule has 0 aliphatic carbocycles. The van der Waals surface area contributed by atoms with E-state index < -0.39 is 0 Å². The van der Waals surface area contributed by atoms with Crippen LogP contribution >= 0.6 is 11.6 Å². The van der Waals surface area contributed by atoms with Crippen LogP contribution in [0, 0.1) is 5.82 Å². The number of nitrogens with one attached hydrogen (secondary N) is 1. The number of fused-ring (bicyclic) bond motifs is 1. The summed E-state index contributed by atoms with van der Waals surface area (Å²) in [4.78, 5) is 15.7. The van der Waals surface area contributed by atoms with Gasteiger partial charge < -0.3 is 4.98 Å². The van der Waals surface area contributed by atoms with Gasteiger partial charge in [0.2, 0.25) is 0 Å². The number of rotatable bonds is 2. The van der Waals surface area contributed by atoms with E-state index in [1.807, 2.05) is 0 Å². The van der Waals surface area contributed by atoms with Gasteiger partial charge in [-0.1, -0.05) is 29.8 Å². The van der Waals surface area contributed by atoms with E-state index in [1.165, 1.54) is 6.07 Å². The molecule has 0 atom stereocenters. The Bertz CT molecular complexity index is 998. The quantitative estimate of drug-likeness (QED) is 0.591. The first kappa shape index (κ1) is 13.8. The molecule has 4 rings (SSSR count). The van der Waals surface area contributed by atoms with Crippen molar-refractivity contribution in [2.24, 2.45) is 0 Å². The summed E-state index contributed by atoms with van der Waals surface area (Å²) in [5.74, 6) is -0.311. The summed E-state index contributed by atoms with van der Waals surface area (Å²) < 4.78 is 14.1. The Morgan fingerprint density at radius 1 is 0.957 bits per heavy atom. The number of H-pyrrole nitrogens is 1. The second kappa shape index (κ2) is 5.44. The summed E-state index contributed by atoms with van der Waals surface area (Å²) in [5, 5.41) is 1.13. The number of pyridine rings is 1. The SMILES string of the molecule is Fc1ccccc1-c1c[nH]c2ncc(-c3cnccn3)c(Cl)c12. The highest BCUT2D eigenvalue weighted by molar-refractivity contribution is 6.39. The van der Waals surface area contributed by atoms with Gasteiger partial charge in [0.25, 0.3) is 0 Å². The average molecular weight is 325 g/mol.